The first-order chi connectivity index (χ1) is 11.7. The van der Waals surface area contributed by atoms with Crippen LogP contribution in [0.1, 0.15) is 77.0 Å². The van der Waals surface area contributed by atoms with Crippen LogP contribution in [0.4, 0.5) is 0 Å². The van der Waals surface area contributed by atoms with Crippen LogP contribution in [0.15, 0.2) is 12.2 Å². The number of rotatable bonds is 10. The highest BCUT2D eigenvalue weighted by molar-refractivity contribution is 5.66. The molecule has 0 heterocycles. The van der Waals surface area contributed by atoms with Crippen molar-refractivity contribution in [3.8, 4) is 0 Å². The van der Waals surface area contributed by atoms with Crippen LogP contribution in [0.25, 0.3) is 0 Å². The number of unbranched alkanes of at least 4 members (excludes halogenated alkanes) is 1. The van der Waals surface area contributed by atoms with Crippen LogP contribution >= 0.6 is 0 Å². The molecule has 3 rings (SSSR count). The number of ether oxygens (including phenoxy) is 1. The molecule has 4 atom stereocenters. The lowest BCUT2D eigenvalue weighted by Crippen LogP contribution is -2.24. The van der Waals surface area contributed by atoms with Crippen LogP contribution in [0.3, 0.4) is 0 Å². The fourth-order valence-electron chi connectivity index (χ4n) is 5.51. The Labute approximate surface area is 146 Å². The van der Waals surface area contributed by atoms with Crippen LogP contribution in [0.5, 0.6) is 0 Å². The molecule has 136 valence electrons. The normalized spacial score (nSPS) is 33.0. The SMILES string of the molecule is O=C(O)CCCC=CC[C@H]1[C@H]2CC[C@H](C2)[C@H]1CCOC1CCCC1. The van der Waals surface area contributed by atoms with Gasteiger partial charge in [-0.05, 0) is 81.5 Å². The molecule has 0 aromatic rings. The van der Waals surface area contributed by atoms with Gasteiger partial charge in [0.2, 0.25) is 0 Å². The van der Waals surface area contributed by atoms with Crippen molar-refractivity contribution in [2.24, 2.45) is 23.7 Å². The first kappa shape index (κ1) is 18.0. The van der Waals surface area contributed by atoms with Gasteiger partial charge in [0.15, 0.2) is 0 Å². The van der Waals surface area contributed by atoms with E-state index >= 15 is 0 Å². The fourth-order valence-corrected chi connectivity index (χ4v) is 5.51. The third-order valence-corrected chi connectivity index (χ3v) is 6.72. The molecule has 3 aliphatic carbocycles. The maximum absolute atomic E-state index is 10.5. The summed E-state index contributed by atoms with van der Waals surface area (Å²) in [5, 5.41) is 8.67. The maximum atomic E-state index is 10.5. The molecule has 3 nitrogen and oxygen atoms in total. The Balaban J connectivity index is 1.39. The van der Waals surface area contributed by atoms with Crippen molar-refractivity contribution in [3.63, 3.8) is 0 Å². The zero-order valence-corrected chi connectivity index (χ0v) is 15.0. The minimum Gasteiger partial charge on any atom is -0.481 e. The van der Waals surface area contributed by atoms with Crippen molar-refractivity contribution in [3.05, 3.63) is 12.2 Å². The molecular formula is C21H34O3. The van der Waals surface area contributed by atoms with E-state index in [1.165, 1.54) is 57.8 Å². The second kappa shape index (κ2) is 9.03. The third-order valence-electron chi connectivity index (χ3n) is 6.72. The molecule has 0 radical (unpaired) electrons. The summed E-state index contributed by atoms with van der Waals surface area (Å²) >= 11 is 0. The lowest BCUT2D eigenvalue weighted by molar-refractivity contribution is -0.137. The maximum Gasteiger partial charge on any atom is 0.303 e. The molecule has 0 saturated heterocycles. The lowest BCUT2D eigenvalue weighted by atomic mass is 9.76. The fraction of sp³-hybridized carbons (Fsp3) is 0.857. The highest BCUT2D eigenvalue weighted by Crippen LogP contribution is 2.54. The van der Waals surface area contributed by atoms with Gasteiger partial charge < -0.3 is 9.84 Å². The molecule has 24 heavy (non-hydrogen) atoms. The van der Waals surface area contributed by atoms with Crippen molar-refractivity contribution in [2.75, 3.05) is 6.61 Å². The molecular weight excluding hydrogens is 300 g/mol. The predicted molar refractivity (Wildman–Crippen MR) is 95.9 cm³/mol. The molecule has 0 amide bonds. The van der Waals surface area contributed by atoms with E-state index in [9.17, 15) is 4.79 Å². The van der Waals surface area contributed by atoms with Gasteiger partial charge in [-0.1, -0.05) is 25.0 Å². The van der Waals surface area contributed by atoms with Crippen LogP contribution in [-0.4, -0.2) is 23.8 Å². The number of carboxylic acid groups (broad SMARTS) is 1. The van der Waals surface area contributed by atoms with Gasteiger partial charge in [0.1, 0.15) is 0 Å². The van der Waals surface area contributed by atoms with E-state index in [0.29, 0.717) is 12.5 Å². The van der Waals surface area contributed by atoms with Gasteiger partial charge in [-0.3, -0.25) is 4.79 Å². The van der Waals surface area contributed by atoms with Crippen LogP contribution in [0.2, 0.25) is 0 Å². The van der Waals surface area contributed by atoms with E-state index in [-0.39, 0.29) is 0 Å². The number of hydrogen-bond acceptors (Lipinski definition) is 2. The third kappa shape index (κ3) is 4.84. The first-order valence-electron chi connectivity index (χ1n) is 10.2. The Hall–Kier alpha value is -0.830. The number of aliphatic carboxylic acids is 1. The topological polar surface area (TPSA) is 46.5 Å². The van der Waals surface area contributed by atoms with E-state index in [1.807, 2.05) is 0 Å². The number of carbonyl (C=O) groups is 1. The number of carboxylic acids is 1. The standard InChI is InChI=1S/C21H34O3/c22-21(23)10-4-2-1-3-9-19-16-11-12-17(15-16)20(19)13-14-24-18-7-5-6-8-18/h1,3,16-20H,2,4-15H2,(H,22,23)/t16-,17+,19-,20+/m0/s1. The highest BCUT2D eigenvalue weighted by atomic mass is 16.5. The largest absolute Gasteiger partial charge is 0.481 e. The van der Waals surface area contributed by atoms with E-state index in [4.69, 9.17) is 9.84 Å². The summed E-state index contributed by atoms with van der Waals surface area (Å²) in [7, 11) is 0. The molecule has 0 aromatic heterocycles. The molecule has 3 fully saturated rings. The summed E-state index contributed by atoms with van der Waals surface area (Å²) in [6, 6.07) is 0. The van der Waals surface area contributed by atoms with Crippen molar-refractivity contribution >= 4 is 5.97 Å². The summed E-state index contributed by atoms with van der Waals surface area (Å²) < 4.78 is 6.13. The van der Waals surface area contributed by atoms with Gasteiger partial charge in [0, 0.05) is 13.0 Å². The van der Waals surface area contributed by atoms with Crippen molar-refractivity contribution in [1.82, 2.24) is 0 Å². The Morgan fingerprint density at radius 1 is 1.04 bits per heavy atom. The van der Waals surface area contributed by atoms with Gasteiger partial charge in [-0.25, -0.2) is 0 Å². The van der Waals surface area contributed by atoms with E-state index in [0.717, 1.165) is 43.1 Å². The van der Waals surface area contributed by atoms with E-state index in [2.05, 4.69) is 12.2 Å². The second-order valence-corrected chi connectivity index (χ2v) is 8.22. The van der Waals surface area contributed by atoms with Gasteiger partial charge in [0.05, 0.1) is 6.10 Å². The predicted octanol–water partition coefficient (Wildman–Crippen LogP) is 5.20. The molecule has 3 heteroatoms. The van der Waals surface area contributed by atoms with Crippen molar-refractivity contribution < 1.29 is 14.6 Å². The summed E-state index contributed by atoms with van der Waals surface area (Å²) in [6.07, 6.45) is 19.1. The Morgan fingerprint density at radius 3 is 2.54 bits per heavy atom. The number of hydrogen-bond donors (Lipinski definition) is 1. The molecule has 2 bridgehead atoms. The second-order valence-electron chi connectivity index (χ2n) is 8.22. The zero-order valence-electron chi connectivity index (χ0n) is 15.0. The quantitative estimate of drug-likeness (QED) is 0.441. The number of fused-ring (bicyclic) bond motifs is 2. The summed E-state index contributed by atoms with van der Waals surface area (Å²) in [6.45, 7) is 0.970. The molecule has 3 aliphatic rings. The van der Waals surface area contributed by atoms with E-state index < -0.39 is 5.97 Å². The van der Waals surface area contributed by atoms with E-state index in [1.54, 1.807) is 0 Å². The first-order valence-corrected chi connectivity index (χ1v) is 10.2. The molecule has 0 spiro atoms. The molecule has 0 aromatic carbocycles. The minimum atomic E-state index is -0.682. The van der Waals surface area contributed by atoms with Gasteiger partial charge >= 0.3 is 5.97 Å². The minimum absolute atomic E-state index is 0.291. The molecule has 3 saturated carbocycles. The van der Waals surface area contributed by atoms with Gasteiger partial charge in [0.25, 0.3) is 0 Å². The summed E-state index contributed by atoms with van der Waals surface area (Å²) in [5.74, 6) is 2.93. The van der Waals surface area contributed by atoms with Crippen molar-refractivity contribution in [1.29, 1.82) is 0 Å². The Bertz CT molecular complexity index is 425. The van der Waals surface area contributed by atoms with Crippen molar-refractivity contribution in [2.45, 2.75) is 83.2 Å². The van der Waals surface area contributed by atoms with Gasteiger partial charge in [-0.2, -0.15) is 0 Å². The van der Waals surface area contributed by atoms with Gasteiger partial charge in [-0.15, -0.1) is 0 Å². The summed E-state index contributed by atoms with van der Waals surface area (Å²) in [4.78, 5) is 10.5. The average molecular weight is 335 g/mol. The lowest BCUT2D eigenvalue weighted by Gasteiger charge is -2.31. The average Bonchev–Trinajstić information content (AvgIpc) is 3.28. The zero-order chi connectivity index (χ0) is 16.8. The number of allylic oxidation sites excluding steroid dienone is 2. The Kier molecular flexibility index (Phi) is 6.76. The molecule has 0 aliphatic heterocycles. The van der Waals surface area contributed by atoms with Crippen LogP contribution in [0, 0.1) is 23.7 Å². The molecule has 0 unspecified atom stereocenters. The van der Waals surface area contributed by atoms with Crippen LogP contribution in [-0.2, 0) is 9.53 Å². The monoisotopic (exact) mass is 334 g/mol. The highest BCUT2D eigenvalue weighted by Gasteiger charge is 2.46. The molecule has 1 N–H and O–H groups in total. The summed E-state index contributed by atoms with van der Waals surface area (Å²) in [5.41, 5.74) is 0. The smallest absolute Gasteiger partial charge is 0.303 e. The Morgan fingerprint density at radius 2 is 1.79 bits per heavy atom. The van der Waals surface area contributed by atoms with Crippen LogP contribution < -0.4 is 0 Å².